The summed E-state index contributed by atoms with van der Waals surface area (Å²) in [5.74, 6) is 1.54. The highest BCUT2D eigenvalue weighted by Gasteiger charge is 2.16. The summed E-state index contributed by atoms with van der Waals surface area (Å²) in [6, 6.07) is 5.97. The first-order valence-corrected chi connectivity index (χ1v) is 9.10. The van der Waals surface area contributed by atoms with Crippen molar-refractivity contribution in [2.24, 2.45) is 0 Å². The molecule has 0 bridgehead atoms. The molecule has 124 valence electrons. The maximum absolute atomic E-state index is 6.07. The van der Waals surface area contributed by atoms with Crippen molar-refractivity contribution in [1.82, 2.24) is 20.3 Å². The predicted molar refractivity (Wildman–Crippen MR) is 99.1 cm³/mol. The monoisotopic (exact) mass is 360 g/mol. The summed E-state index contributed by atoms with van der Waals surface area (Å²) in [6.07, 6.45) is 1.71. The molecule has 1 aliphatic heterocycles. The molecule has 3 aromatic heterocycles. The topological polar surface area (TPSA) is 66.0 Å². The second-order valence-corrected chi connectivity index (χ2v) is 6.99. The van der Waals surface area contributed by atoms with Gasteiger partial charge in [-0.25, -0.2) is 9.97 Å². The number of pyridine rings is 1. The molecule has 2 N–H and O–H groups in total. The zero-order valence-corrected chi connectivity index (χ0v) is 14.6. The molecule has 0 radical (unpaired) electrons. The molecule has 0 spiro atoms. The summed E-state index contributed by atoms with van der Waals surface area (Å²) in [5.41, 5.74) is 0.802. The standard InChI is InChI=1S/C16H17ClN6S/c17-14-8-12-13(10-19-14)21-16(23-5-3-18-4-6-23)22-15(12)20-9-11-2-1-7-24-11/h1-2,7-8,10,18H,3-6,9H2,(H,20,21,22). The van der Waals surface area contributed by atoms with E-state index >= 15 is 0 Å². The Morgan fingerprint density at radius 3 is 2.96 bits per heavy atom. The third kappa shape index (κ3) is 3.28. The lowest BCUT2D eigenvalue weighted by atomic mass is 10.3. The number of aromatic nitrogens is 3. The molecule has 4 heterocycles. The number of thiophene rings is 1. The van der Waals surface area contributed by atoms with Gasteiger partial charge in [0.1, 0.15) is 11.0 Å². The highest BCUT2D eigenvalue weighted by atomic mass is 35.5. The molecule has 24 heavy (non-hydrogen) atoms. The average Bonchev–Trinajstić information content (AvgIpc) is 3.14. The summed E-state index contributed by atoms with van der Waals surface area (Å²) in [6.45, 7) is 4.41. The Balaban J connectivity index is 1.71. The van der Waals surface area contributed by atoms with Gasteiger partial charge in [0.15, 0.2) is 0 Å². The summed E-state index contributed by atoms with van der Waals surface area (Å²) in [7, 11) is 0. The fraction of sp³-hybridized carbons (Fsp3) is 0.312. The van der Waals surface area contributed by atoms with Gasteiger partial charge in [-0.2, -0.15) is 4.98 Å². The van der Waals surface area contributed by atoms with E-state index in [1.165, 1.54) is 4.88 Å². The average molecular weight is 361 g/mol. The van der Waals surface area contributed by atoms with Gasteiger partial charge in [-0.3, -0.25) is 0 Å². The van der Waals surface area contributed by atoms with E-state index in [-0.39, 0.29) is 0 Å². The molecule has 1 fully saturated rings. The third-order valence-electron chi connectivity index (χ3n) is 3.95. The number of hydrogen-bond donors (Lipinski definition) is 2. The van der Waals surface area contributed by atoms with Gasteiger partial charge in [0.05, 0.1) is 18.3 Å². The van der Waals surface area contributed by atoms with Gasteiger partial charge in [0.2, 0.25) is 5.95 Å². The smallest absolute Gasteiger partial charge is 0.228 e. The summed E-state index contributed by atoms with van der Waals surface area (Å²) < 4.78 is 0. The minimum absolute atomic E-state index is 0.445. The van der Waals surface area contributed by atoms with Crippen LogP contribution in [0.4, 0.5) is 11.8 Å². The summed E-state index contributed by atoms with van der Waals surface area (Å²) in [5, 5.41) is 10.2. The van der Waals surface area contributed by atoms with Crippen molar-refractivity contribution in [3.05, 3.63) is 39.8 Å². The van der Waals surface area contributed by atoms with Gasteiger partial charge >= 0.3 is 0 Å². The van der Waals surface area contributed by atoms with Crippen molar-refractivity contribution in [2.75, 3.05) is 36.4 Å². The van der Waals surface area contributed by atoms with Crippen LogP contribution in [-0.2, 0) is 6.54 Å². The number of rotatable bonds is 4. The van der Waals surface area contributed by atoms with Gasteiger partial charge < -0.3 is 15.5 Å². The van der Waals surface area contributed by atoms with Crippen LogP contribution in [0.5, 0.6) is 0 Å². The Labute approximate surface area is 148 Å². The van der Waals surface area contributed by atoms with Crippen molar-refractivity contribution in [3.8, 4) is 0 Å². The Morgan fingerprint density at radius 1 is 1.29 bits per heavy atom. The van der Waals surface area contributed by atoms with E-state index in [0.717, 1.165) is 55.4 Å². The quantitative estimate of drug-likeness (QED) is 0.697. The first-order chi connectivity index (χ1) is 11.8. The molecule has 0 saturated carbocycles. The van der Waals surface area contributed by atoms with E-state index in [0.29, 0.717) is 5.15 Å². The summed E-state index contributed by atoms with van der Waals surface area (Å²) in [4.78, 5) is 17.0. The number of halogens is 1. The van der Waals surface area contributed by atoms with Gasteiger partial charge in [0, 0.05) is 36.4 Å². The number of hydrogen-bond acceptors (Lipinski definition) is 7. The van der Waals surface area contributed by atoms with Crippen molar-refractivity contribution >= 4 is 45.6 Å². The molecule has 1 aliphatic rings. The zero-order valence-electron chi connectivity index (χ0n) is 13.0. The van der Waals surface area contributed by atoms with Crippen molar-refractivity contribution in [1.29, 1.82) is 0 Å². The Hall–Kier alpha value is -1.96. The lowest BCUT2D eigenvalue weighted by molar-refractivity contribution is 0.580. The van der Waals surface area contributed by atoms with Crippen LogP contribution in [-0.4, -0.2) is 41.1 Å². The maximum atomic E-state index is 6.07. The van der Waals surface area contributed by atoms with Crippen LogP contribution < -0.4 is 15.5 Å². The molecule has 0 amide bonds. The second-order valence-electron chi connectivity index (χ2n) is 5.57. The van der Waals surface area contributed by atoms with Crippen molar-refractivity contribution in [3.63, 3.8) is 0 Å². The SMILES string of the molecule is Clc1cc2c(NCc3cccs3)nc(N3CCNCC3)nc2cn1. The minimum Gasteiger partial charge on any atom is -0.364 e. The normalized spacial score (nSPS) is 15.0. The number of nitrogens with one attached hydrogen (secondary N) is 2. The molecule has 1 saturated heterocycles. The minimum atomic E-state index is 0.445. The Bertz CT molecular complexity index is 832. The number of piperazine rings is 1. The first kappa shape index (κ1) is 15.6. The van der Waals surface area contributed by atoms with Gasteiger partial charge in [0.25, 0.3) is 0 Å². The molecular formula is C16H17ClN6S. The third-order valence-corrected chi connectivity index (χ3v) is 5.03. The van der Waals surface area contributed by atoms with E-state index in [4.69, 9.17) is 16.6 Å². The number of fused-ring (bicyclic) bond motifs is 1. The molecule has 0 unspecified atom stereocenters. The highest BCUT2D eigenvalue weighted by Crippen LogP contribution is 2.26. The van der Waals surface area contributed by atoms with E-state index in [1.54, 1.807) is 17.5 Å². The molecule has 0 atom stereocenters. The van der Waals surface area contributed by atoms with Crippen LogP contribution in [0.2, 0.25) is 5.15 Å². The first-order valence-electron chi connectivity index (χ1n) is 7.85. The van der Waals surface area contributed by atoms with Crippen molar-refractivity contribution in [2.45, 2.75) is 6.54 Å². The van der Waals surface area contributed by atoms with E-state index in [9.17, 15) is 0 Å². The largest absolute Gasteiger partial charge is 0.364 e. The molecule has 4 rings (SSSR count). The van der Waals surface area contributed by atoms with Crippen LogP contribution in [0.15, 0.2) is 29.8 Å². The summed E-state index contributed by atoms with van der Waals surface area (Å²) >= 11 is 7.79. The number of nitrogens with zero attached hydrogens (tertiary/aromatic N) is 4. The van der Waals surface area contributed by atoms with Crippen LogP contribution >= 0.6 is 22.9 Å². The van der Waals surface area contributed by atoms with E-state index < -0.39 is 0 Å². The number of anilines is 2. The molecule has 0 aromatic carbocycles. The second kappa shape index (κ2) is 6.88. The highest BCUT2D eigenvalue weighted by molar-refractivity contribution is 7.09. The molecule has 3 aromatic rings. The van der Waals surface area contributed by atoms with Crippen LogP contribution in [0.3, 0.4) is 0 Å². The molecular weight excluding hydrogens is 344 g/mol. The maximum Gasteiger partial charge on any atom is 0.228 e. The molecule has 0 aliphatic carbocycles. The van der Waals surface area contributed by atoms with Crippen LogP contribution in [0.1, 0.15) is 4.88 Å². The van der Waals surface area contributed by atoms with Gasteiger partial charge in [-0.05, 0) is 17.5 Å². The fourth-order valence-corrected chi connectivity index (χ4v) is 3.52. The van der Waals surface area contributed by atoms with Gasteiger partial charge in [-0.15, -0.1) is 11.3 Å². The lowest BCUT2D eigenvalue weighted by Crippen LogP contribution is -2.44. The van der Waals surface area contributed by atoms with Crippen molar-refractivity contribution < 1.29 is 0 Å². The van der Waals surface area contributed by atoms with Gasteiger partial charge in [-0.1, -0.05) is 17.7 Å². The van der Waals surface area contributed by atoms with Crippen LogP contribution in [0, 0.1) is 0 Å². The molecule has 8 heteroatoms. The predicted octanol–water partition coefficient (Wildman–Crippen LogP) is 2.76. The van der Waals surface area contributed by atoms with E-state index in [1.807, 2.05) is 12.1 Å². The van der Waals surface area contributed by atoms with E-state index in [2.05, 4.69) is 36.9 Å². The lowest BCUT2D eigenvalue weighted by Gasteiger charge is -2.27. The Morgan fingerprint density at radius 2 is 2.17 bits per heavy atom. The Kier molecular flexibility index (Phi) is 4.46. The zero-order chi connectivity index (χ0) is 16.4. The molecule has 6 nitrogen and oxygen atoms in total. The fourth-order valence-electron chi connectivity index (χ4n) is 2.72. The van der Waals surface area contributed by atoms with Crippen LogP contribution in [0.25, 0.3) is 10.9 Å².